The Morgan fingerprint density at radius 1 is 0.792 bits per heavy atom. The predicted octanol–water partition coefficient (Wildman–Crippen LogP) is 3.56. The van der Waals surface area contributed by atoms with Crippen molar-refractivity contribution in [1.29, 1.82) is 0 Å². The zero-order chi connectivity index (χ0) is 17.0. The van der Waals surface area contributed by atoms with E-state index in [4.69, 9.17) is 5.73 Å². The number of hydrogen-bond donors (Lipinski definition) is 2. The van der Waals surface area contributed by atoms with Gasteiger partial charge in [0.2, 0.25) is 0 Å². The summed E-state index contributed by atoms with van der Waals surface area (Å²) in [7, 11) is 0. The van der Waals surface area contributed by atoms with Crippen LogP contribution in [0.2, 0.25) is 0 Å². The highest BCUT2D eigenvalue weighted by molar-refractivity contribution is 7.99. The molecule has 0 aliphatic heterocycles. The molecular formula is C20H17NO2S. The number of carbonyl (C=O) groups is 1. The molecule has 0 aliphatic rings. The minimum absolute atomic E-state index is 0.458. The molecule has 0 bridgehead atoms. The van der Waals surface area contributed by atoms with Crippen LogP contribution in [-0.4, -0.2) is 11.0 Å². The molecule has 3 nitrogen and oxygen atoms in total. The van der Waals surface area contributed by atoms with Crippen LogP contribution in [0.3, 0.4) is 0 Å². The maximum Gasteiger partial charge on any atom is 0.258 e. The summed E-state index contributed by atoms with van der Waals surface area (Å²) >= 11 is 1.56. The van der Waals surface area contributed by atoms with Crippen LogP contribution in [-0.2, 0) is 10.4 Å². The van der Waals surface area contributed by atoms with Gasteiger partial charge < -0.3 is 10.8 Å². The van der Waals surface area contributed by atoms with Gasteiger partial charge in [-0.2, -0.15) is 0 Å². The molecule has 0 saturated heterocycles. The highest BCUT2D eigenvalue weighted by atomic mass is 32.2. The third kappa shape index (κ3) is 3.20. The first-order valence-electron chi connectivity index (χ1n) is 7.52. The molecule has 0 spiro atoms. The third-order valence-corrected chi connectivity index (χ3v) is 4.78. The lowest BCUT2D eigenvalue weighted by atomic mass is 9.86. The number of hydrogen-bond acceptors (Lipinski definition) is 3. The fraction of sp³-hybridized carbons (Fsp3) is 0.0500. The van der Waals surface area contributed by atoms with E-state index in [1.54, 1.807) is 48.2 Å². The maximum absolute atomic E-state index is 12.1. The van der Waals surface area contributed by atoms with Crippen LogP contribution < -0.4 is 5.73 Å². The van der Waals surface area contributed by atoms with E-state index in [1.807, 2.05) is 48.5 Å². The van der Waals surface area contributed by atoms with Crippen molar-refractivity contribution in [3.8, 4) is 0 Å². The normalized spacial score (nSPS) is 13.2. The van der Waals surface area contributed by atoms with Gasteiger partial charge in [-0.05, 0) is 35.4 Å². The molecule has 3 aromatic rings. The molecule has 1 amide bonds. The van der Waals surface area contributed by atoms with E-state index < -0.39 is 11.5 Å². The lowest BCUT2D eigenvalue weighted by Crippen LogP contribution is -2.42. The minimum Gasteiger partial charge on any atom is -0.372 e. The Hall–Kier alpha value is -2.56. The molecule has 0 fully saturated rings. The van der Waals surface area contributed by atoms with Crippen LogP contribution in [0.15, 0.2) is 94.7 Å². The quantitative estimate of drug-likeness (QED) is 0.749. The predicted molar refractivity (Wildman–Crippen MR) is 95.6 cm³/mol. The Morgan fingerprint density at radius 2 is 1.33 bits per heavy atom. The fourth-order valence-corrected chi connectivity index (χ4v) is 3.44. The van der Waals surface area contributed by atoms with Crippen LogP contribution in [0.5, 0.6) is 0 Å². The van der Waals surface area contributed by atoms with E-state index in [2.05, 4.69) is 0 Å². The Balaban J connectivity index is 2.01. The molecule has 0 radical (unpaired) electrons. The fourth-order valence-electron chi connectivity index (χ4n) is 2.54. The molecule has 3 aromatic carbocycles. The Morgan fingerprint density at radius 3 is 1.96 bits per heavy atom. The average Bonchev–Trinajstić information content (AvgIpc) is 2.62. The second-order valence-corrected chi connectivity index (χ2v) is 6.53. The standard InChI is InChI=1S/C20H17NO2S/c21-19(22)20(23,15-8-3-1-4-9-15)16-10-7-13-18(14-16)24-17-11-5-2-6-12-17/h1-14,23H,(H2,21,22). The Kier molecular flexibility index (Phi) is 4.69. The van der Waals surface area contributed by atoms with Crippen molar-refractivity contribution >= 4 is 17.7 Å². The van der Waals surface area contributed by atoms with Crippen LogP contribution in [0.25, 0.3) is 0 Å². The number of primary amides is 1. The second-order valence-electron chi connectivity index (χ2n) is 5.38. The van der Waals surface area contributed by atoms with E-state index in [0.717, 1.165) is 9.79 Å². The monoisotopic (exact) mass is 335 g/mol. The molecule has 1 unspecified atom stereocenters. The zero-order valence-corrected chi connectivity index (χ0v) is 13.7. The molecule has 0 heterocycles. The summed E-state index contributed by atoms with van der Waals surface area (Å²) in [6.45, 7) is 0. The van der Waals surface area contributed by atoms with Gasteiger partial charge in [0.25, 0.3) is 5.91 Å². The summed E-state index contributed by atoms with van der Waals surface area (Å²) in [5.74, 6) is -0.796. The summed E-state index contributed by atoms with van der Waals surface area (Å²) in [4.78, 5) is 14.1. The van der Waals surface area contributed by atoms with E-state index in [-0.39, 0.29) is 0 Å². The number of carbonyl (C=O) groups excluding carboxylic acids is 1. The molecule has 24 heavy (non-hydrogen) atoms. The first kappa shape index (κ1) is 16.3. The summed E-state index contributed by atoms with van der Waals surface area (Å²) in [6.07, 6.45) is 0. The van der Waals surface area contributed by atoms with E-state index >= 15 is 0 Å². The highest BCUT2D eigenvalue weighted by Gasteiger charge is 2.38. The molecule has 4 heteroatoms. The van der Waals surface area contributed by atoms with Crippen LogP contribution in [0.4, 0.5) is 0 Å². The number of aliphatic hydroxyl groups is 1. The Labute approximate surface area is 145 Å². The maximum atomic E-state index is 12.1. The van der Waals surface area contributed by atoms with Crippen molar-refractivity contribution in [3.63, 3.8) is 0 Å². The molecule has 0 aromatic heterocycles. The number of nitrogens with two attached hydrogens (primary N) is 1. The number of rotatable bonds is 5. The molecule has 3 rings (SSSR count). The van der Waals surface area contributed by atoms with Crippen molar-refractivity contribution in [2.24, 2.45) is 5.73 Å². The topological polar surface area (TPSA) is 63.3 Å². The first-order chi connectivity index (χ1) is 11.6. The van der Waals surface area contributed by atoms with Crippen molar-refractivity contribution in [2.45, 2.75) is 15.4 Å². The van der Waals surface area contributed by atoms with Gasteiger partial charge in [-0.25, -0.2) is 0 Å². The van der Waals surface area contributed by atoms with Gasteiger partial charge in [-0.3, -0.25) is 4.79 Å². The lowest BCUT2D eigenvalue weighted by Gasteiger charge is -2.26. The zero-order valence-electron chi connectivity index (χ0n) is 12.9. The van der Waals surface area contributed by atoms with Gasteiger partial charge in [0.15, 0.2) is 5.60 Å². The summed E-state index contributed by atoms with van der Waals surface area (Å²) in [5, 5.41) is 11.0. The lowest BCUT2D eigenvalue weighted by molar-refractivity contribution is -0.133. The van der Waals surface area contributed by atoms with Gasteiger partial charge >= 0.3 is 0 Å². The van der Waals surface area contributed by atoms with Crippen LogP contribution in [0, 0.1) is 0 Å². The van der Waals surface area contributed by atoms with Crippen LogP contribution >= 0.6 is 11.8 Å². The largest absolute Gasteiger partial charge is 0.372 e. The Bertz CT molecular complexity index is 837. The summed E-state index contributed by atoms with van der Waals surface area (Å²) in [5.41, 5.74) is 4.61. The summed E-state index contributed by atoms with van der Waals surface area (Å²) in [6, 6.07) is 25.9. The smallest absolute Gasteiger partial charge is 0.258 e. The van der Waals surface area contributed by atoms with Crippen molar-refractivity contribution in [2.75, 3.05) is 0 Å². The molecule has 120 valence electrons. The van der Waals surface area contributed by atoms with Crippen LogP contribution in [0.1, 0.15) is 11.1 Å². The van der Waals surface area contributed by atoms with Gasteiger partial charge in [0.05, 0.1) is 0 Å². The first-order valence-corrected chi connectivity index (χ1v) is 8.33. The van der Waals surface area contributed by atoms with Crippen molar-refractivity contribution in [1.82, 2.24) is 0 Å². The second kappa shape index (κ2) is 6.91. The SMILES string of the molecule is NC(=O)C(O)(c1ccccc1)c1cccc(Sc2ccccc2)c1. The highest BCUT2D eigenvalue weighted by Crippen LogP contribution is 2.34. The van der Waals surface area contributed by atoms with E-state index in [9.17, 15) is 9.90 Å². The third-order valence-electron chi connectivity index (χ3n) is 3.78. The number of benzene rings is 3. The van der Waals surface area contributed by atoms with Crippen molar-refractivity contribution in [3.05, 3.63) is 96.1 Å². The van der Waals surface area contributed by atoms with E-state index in [0.29, 0.717) is 11.1 Å². The molecule has 0 aliphatic carbocycles. The summed E-state index contributed by atoms with van der Waals surface area (Å²) < 4.78 is 0. The van der Waals surface area contributed by atoms with Gasteiger partial charge in [0.1, 0.15) is 0 Å². The molecule has 1 atom stereocenters. The number of amides is 1. The molecular weight excluding hydrogens is 318 g/mol. The van der Waals surface area contributed by atoms with Gasteiger partial charge in [-0.1, -0.05) is 72.4 Å². The van der Waals surface area contributed by atoms with E-state index in [1.165, 1.54) is 0 Å². The van der Waals surface area contributed by atoms with Crippen molar-refractivity contribution < 1.29 is 9.90 Å². The minimum atomic E-state index is -1.85. The molecule has 3 N–H and O–H groups in total. The molecule has 0 saturated carbocycles. The van der Waals surface area contributed by atoms with Gasteiger partial charge in [0, 0.05) is 9.79 Å². The average molecular weight is 335 g/mol. The van der Waals surface area contributed by atoms with Gasteiger partial charge in [-0.15, -0.1) is 0 Å².